The summed E-state index contributed by atoms with van der Waals surface area (Å²) >= 11 is 0. The lowest BCUT2D eigenvalue weighted by atomic mass is 9.77. The van der Waals surface area contributed by atoms with Gasteiger partial charge in [0.1, 0.15) is 0 Å². The molecule has 0 aromatic rings. The van der Waals surface area contributed by atoms with E-state index in [1.165, 1.54) is 19.3 Å². The fourth-order valence-electron chi connectivity index (χ4n) is 4.89. The number of hydrogen-bond donors (Lipinski definition) is 0. The Morgan fingerprint density at radius 2 is 1.88 bits per heavy atom. The van der Waals surface area contributed by atoms with Gasteiger partial charge in [-0.15, -0.1) is 0 Å². The van der Waals surface area contributed by atoms with Crippen LogP contribution in [-0.2, 0) is 14.3 Å². The van der Waals surface area contributed by atoms with Crippen molar-refractivity contribution in [3.63, 3.8) is 0 Å². The minimum absolute atomic E-state index is 0.190. The second-order valence-corrected chi connectivity index (χ2v) is 8.39. The first-order valence-electron chi connectivity index (χ1n) is 10.0. The Labute approximate surface area is 150 Å². The van der Waals surface area contributed by atoms with Crippen LogP contribution in [0.2, 0.25) is 0 Å². The minimum atomic E-state index is -0.215. The molecule has 0 N–H and O–H groups in total. The number of nitrogens with zero attached hydrogens (tertiary/aromatic N) is 3. The summed E-state index contributed by atoms with van der Waals surface area (Å²) in [5.41, 5.74) is -0.215. The van der Waals surface area contributed by atoms with E-state index in [0.29, 0.717) is 38.8 Å². The predicted octanol–water partition coefficient (Wildman–Crippen LogP) is 0.960. The van der Waals surface area contributed by atoms with Crippen LogP contribution in [0, 0.1) is 11.3 Å². The van der Waals surface area contributed by atoms with Gasteiger partial charge in [0.15, 0.2) is 0 Å². The van der Waals surface area contributed by atoms with Crippen molar-refractivity contribution >= 4 is 11.8 Å². The van der Waals surface area contributed by atoms with E-state index in [9.17, 15) is 9.59 Å². The van der Waals surface area contributed by atoms with Gasteiger partial charge in [-0.3, -0.25) is 14.5 Å². The third-order valence-electron chi connectivity index (χ3n) is 6.68. The zero-order valence-electron chi connectivity index (χ0n) is 15.3. The summed E-state index contributed by atoms with van der Waals surface area (Å²) in [4.78, 5) is 31.9. The standard InChI is InChI=1S/C19H31N3O3/c23-17(21-9-11-25-12-10-21)14-20-8-6-19(15-20)5-2-7-22(18(19)24)13-16-3-1-4-16/h16H,1-15H2/t19-/m1/s1. The van der Waals surface area contributed by atoms with E-state index >= 15 is 0 Å². The highest BCUT2D eigenvalue weighted by Gasteiger charge is 2.48. The molecule has 140 valence electrons. The number of carbonyl (C=O) groups excluding carboxylic acids is 2. The van der Waals surface area contributed by atoms with Crippen molar-refractivity contribution in [3.05, 3.63) is 0 Å². The Bertz CT molecular complexity index is 516. The molecule has 6 nitrogen and oxygen atoms in total. The predicted molar refractivity (Wildman–Crippen MR) is 94.0 cm³/mol. The molecular weight excluding hydrogens is 318 g/mol. The van der Waals surface area contributed by atoms with Crippen LogP contribution in [0.4, 0.5) is 0 Å². The molecule has 0 bridgehead atoms. The summed E-state index contributed by atoms with van der Waals surface area (Å²) < 4.78 is 5.32. The third-order valence-corrected chi connectivity index (χ3v) is 6.68. The zero-order chi connectivity index (χ0) is 17.3. The second-order valence-electron chi connectivity index (χ2n) is 8.39. The van der Waals surface area contributed by atoms with Crippen LogP contribution in [0.25, 0.3) is 0 Å². The molecule has 3 aliphatic heterocycles. The Morgan fingerprint density at radius 1 is 1.08 bits per heavy atom. The van der Waals surface area contributed by atoms with E-state index in [1.54, 1.807) is 0 Å². The van der Waals surface area contributed by atoms with Crippen molar-refractivity contribution in [1.82, 2.24) is 14.7 Å². The molecule has 0 aromatic heterocycles. The van der Waals surface area contributed by atoms with Gasteiger partial charge in [0.2, 0.25) is 11.8 Å². The number of piperidine rings is 1. The Balaban J connectivity index is 1.33. The summed E-state index contributed by atoms with van der Waals surface area (Å²) in [6, 6.07) is 0. The normalized spacial score (nSPS) is 31.6. The molecule has 1 aliphatic carbocycles. The summed E-state index contributed by atoms with van der Waals surface area (Å²) in [5.74, 6) is 1.29. The minimum Gasteiger partial charge on any atom is -0.378 e. The SMILES string of the molecule is O=C(CN1CC[C@]2(CCCN(CC3CCC3)C2=O)C1)N1CCOCC1. The van der Waals surface area contributed by atoms with Gasteiger partial charge < -0.3 is 14.5 Å². The zero-order valence-corrected chi connectivity index (χ0v) is 15.3. The first-order chi connectivity index (χ1) is 12.2. The number of amides is 2. The number of ether oxygens (including phenoxy) is 1. The van der Waals surface area contributed by atoms with E-state index in [0.717, 1.165) is 51.4 Å². The molecule has 6 heteroatoms. The molecule has 0 unspecified atom stereocenters. The Morgan fingerprint density at radius 3 is 2.60 bits per heavy atom. The molecule has 3 heterocycles. The van der Waals surface area contributed by atoms with Crippen LogP contribution in [0.15, 0.2) is 0 Å². The average Bonchev–Trinajstić information content (AvgIpc) is 2.99. The van der Waals surface area contributed by atoms with Gasteiger partial charge in [0, 0.05) is 32.7 Å². The van der Waals surface area contributed by atoms with Gasteiger partial charge in [-0.05, 0) is 44.6 Å². The molecule has 3 saturated heterocycles. The van der Waals surface area contributed by atoms with Crippen molar-refractivity contribution in [3.8, 4) is 0 Å². The highest BCUT2D eigenvalue weighted by molar-refractivity contribution is 5.84. The van der Waals surface area contributed by atoms with Crippen LogP contribution < -0.4 is 0 Å². The first kappa shape index (κ1) is 17.3. The molecule has 4 rings (SSSR count). The molecule has 4 aliphatic rings. The summed E-state index contributed by atoms with van der Waals surface area (Å²) in [6.07, 6.45) is 6.94. The highest BCUT2D eigenvalue weighted by Crippen LogP contribution is 2.41. The maximum atomic E-state index is 13.1. The molecule has 1 atom stereocenters. The second kappa shape index (κ2) is 7.23. The lowest BCUT2D eigenvalue weighted by molar-refractivity contribution is -0.147. The molecule has 2 amide bonds. The van der Waals surface area contributed by atoms with Crippen LogP contribution in [0.1, 0.15) is 38.5 Å². The summed E-state index contributed by atoms with van der Waals surface area (Å²) in [5, 5.41) is 0. The monoisotopic (exact) mass is 349 g/mol. The van der Waals surface area contributed by atoms with Gasteiger partial charge >= 0.3 is 0 Å². The van der Waals surface area contributed by atoms with Gasteiger partial charge in [0.25, 0.3) is 0 Å². The van der Waals surface area contributed by atoms with Crippen molar-refractivity contribution in [2.24, 2.45) is 11.3 Å². The largest absolute Gasteiger partial charge is 0.378 e. The van der Waals surface area contributed by atoms with E-state index in [1.807, 2.05) is 4.90 Å². The van der Waals surface area contributed by atoms with Crippen LogP contribution in [0.3, 0.4) is 0 Å². The molecular formula is C19H31N3O3. The van der Waals surface area contributed by atoms with Crippen molar-refractivity contribution in [2.75, 3.05) is 59.0 Å². The van der Waals surface area contributed by atoms with Gasteiger partial charge in [-0.1, -0.05) is 6.42 Å². The Kier molecular flexibility index (Phi) is 5.00. The van der Waals surface area contributed by atoms with E-state index in [-0.39, 0.29) is 11.3 Å². The number of morpholine rings is 1. The van der Waals surface area contributed by atoms with Crippen LogP contribution >= 0.6 is 0 Å². The van der Waals surface area contributed by atoms with E-state index in [2.05, 4.69) is 9.80 Å². The quantitative estimate of drug-likeness (QED) is 0.759. The van der Waals surface area contributed by atoms with Crippen LogP contribution in [-0.4, -0.2) is 85.5 Å². The molecule has 1 saturated carbocycles. The van der Waals surface area contributed by atoms with E-state index < -0.39 is 0 Å². The van der Waals surface area contributed by atoms with Crippen molar-refractivity contribution in [2.45, 2.75) is 38.5 Å². The van der Waals surface area contributed by atoms with Gasteiger partial charge in [-0.25, -0.2) is 0 Å². The average molecular weight is 349 g/mol. The number of hydrogen-bond acceptors (Lipinski definition) is 4. The van der Waals surface area contributed by atoms with E-state index in [4.69, 9.17) is 4.74 Å². The maximum Gasteiger partial charge on any atom is 0.236 e. The topological polar surface area (TPSA) is 53.1 Å². The molecule has 0 aromatic carbocycles. The molecule has 1 spiro atoms. The summed E-state index contributed by atoms with van der Waals surface area (Å²) in [6.45, 7) is 6.68. The fourth-order valence-corrected chi connectivity index (χ4v) is 4.89. The molecule has 25 heavy (non-hydrogen) atoms. The third kappa shape index (κ3) is 3.56. The van der Waals surface area contributed by atoms with Crippen molar-refractivity contribution in [1.29, 1.82) is 0 Å². The number of likely N-dealkylation sites (tertiary alicyclic amines) is 2. The van der Waals surface area contributed by atoms with Crippen LogP contribution in [0.5, 0.6) is 0 Å². The lowest BCUT2D eigenvalue weighted by Gasteiger charge is -2.42. The Hall–Kier alpha value is -1.14. The molecule has 0 radical (unpaired) electrons. The smallest absolute Gasteiger partial charge is 0.236 e. The first-order valence-corrected chi connectivity index (χ1v) is 10.0. The van der Waals surface area contributed by atoms with Gasteiger partial charge in [-0.2, -0.15) is 0 Å². The molecule has 4 fully saturated rings. The number of rotatable bonds is 4. The maximum absolute atomic E-state index is 13.1. The van der Waals surface area contributed by atoms with Gasteiger partial charge in [0.05, 0.1) is 25.2 Å². The lowest BCUT2D eigenvalue weighted by Crippen LogP contribution is -2.52. The summed E-state index contributed by atoms with van der Waals surface area (Å²) in [7, 11) is 0. The highest BCUT2D eigenvalue weighted by atomic mass is 16.5. The fraction of sp³-hybridized carbons (Fsp3) is 0.895. The number of carbonyl (C=O) groups is 2. The van der Waals surface area contributed by atoms with Crippen molar-refractivity contribution < 1.29 is 14.3 Å².